The van der Waals surface area contributed by atoms with E-state index in [1.165, 1.54) is 7.11 Å². The molecule has 4 rings (SSSR count). The van der Waals surface area contributed by atoms with Gasteiger partial charge in [-0.25, -0.2) is 13.7 Å². The van der Waals surface area contributed by atoms with Crippen LogP contribution in [0.3, 0.4) is 0 Å². The van der Waals surface area contributed by atoms with Gasteiger partial charge in [-0.05, 0) is 42.5 Å². The first-order valence-corrected chi connectivity index (χ1v) is 10.1. The third-order valence-corrected chi connectivity index (χ3v) is 5.26. The van der Waals surface area contributed by atoms with Crippen molar-refractivity contribution in [1.29, 1.82) is 0 Å². The van der Waals surface area contributed by atoms with E-state index in [4.69, 9.17) is 4.74 Å². The first-order chi connectivity index (χ1) is 15.8. The molecule has 6 nitrogen and oxygen atoms in total. The van der Waals surface area contributed by atoms with Crippen LogP contribution in [0.1, 0.15) is 5.56 Å². The Morgan fingerprint density at radius 2 is 1.61 bits per heavy atom. The van der Waals surface area contributed by atoms with Crippen LogP contribution in [0, 0.1) is 11.6 Å². The Balaban J connectivity index is 1.84. The molecule has 0 fully saturated rings. The third-order valence-electron chi connectivity index (χ3n) is 5.26. The van der Waals surface area contributed by atoms with Crippen LogP contribution in [0.25, 0.3) is 5.57 Å². The van der Waals surface area contributed by atoms with Crippen LogP contribution >= 0.6 is 0 Å². The maximum absolute atomic E-state index is 14.5. The number of nitrogens with one attached hydrogen (secondary N) is 1. The van der Waals surface area contributed by atoms with Crippen LogP contribution in [-0.2, 0) is 9.59 Å². The van der Waals surface area contributed by atoms with Crippen molar-refractivity contribution in [3.63, 3.8) is 0 Å². The summed E-state index contributed by atoms with van der Waals surface area (Å²) in [7, 11) is 5.25. The molecule has 8 heteroatoms. The van der Waals surface area contributed by atoms with Gasteiger partial charge in [-0.3, -0.25) is 9.59 Å². The summed E-state index contributed by atoms with van der Waals surface area (Å²) in [5, 5.41) is 3.01. The van der Waals surface area contributed by atoms with E-state index in [0.29, 0.717) is 28.0 Å². The SMILES string of the molecule is COc1ccccc1C1=C(Nc2ccc(N(C)C)cc2)C(=O)N(c2ccc(F)cc2F)C1=O. The smallest absolute Gasteiger partial charge is 0.282 e. The van der Waals surface area contributed by atoms with Gasteiger partial charge >= 0.3 is 0 Å². The average Bonchev–Trinajstić information content (AvgIpc) is 3.03. The first kappa shape index (κ1) is 22.0. The molecule has 33 heavy (non-hydrogen) atoms. The lowest BCUT2D eigenvalue weighted by atomic mass is 10.0. The number of anilines is 3. The van der Waals surface area contributed by atoms with Crippen molar-refractivity contribution in [3.05, 3.63) is 89.6 Å². The lowest BCUT2D eigenvalue weighted by Gasteiger charge is -2.16. The van der Waals surface area contributed by atoms with Crippen molar-refractivity contribution in [3.8, 4) is 5.75 Å². The molecule has 0 unspecified atom stereocenters. The molecular formula is C25H21F2N3O3. The normalized spacial score (nSPS) is 13.5. The number of halogens is 2. The maximum atomic E-state index is 14.5. The Morgan fingerprint density at radius 1 is 0.909 bits per heavy atom. The van der Waals surface area contributed by atoms with Crippen molar-refractivity contribution < 1.29 is 23.1 Å². The molecule has 0 spiro atoms. The Labute approximate surface area is 189 Å². The molecule has 0 atom stereocenters. The first-order valence-electron chi connectivity index (χ1n) is 10.1. The minimum absolute atomic E-state index is 0.0258. The van der Waals surface area contributed by atoms with E-state index >= 15 is 0 Å². The molecule has 0 aromatic heterocycles. The van der Waals surface area contributed by atoms with Crippen molar-refractivity contribution in [1.82, 2.24) is 0 Å². The van der Waals surface area contributed by atoms with Gasteiger partial charge in [0.2, 0.25) is 0 Å². The highest BCUT2D eigenvalue weighted by molar-refractivity contribution is 6.46. The number of rotatable bonds is 6. The minimum Gasteiger partial charge on any atom is -0.496 e. The molecule has 1 heterocycles. The Kier molecular flexibility index (Phi) is 5.83. The number of para-hydroxylation sites is 1. The van der Waals surface area contributed by atoms with Crippen molar-refractivity contribution in [2.24, 2.45) is 0 Å². The van der Waals surface area contributed by atoms with Gasteiger partial charge in [0, 0.05) is 37.1 Å². The summed E-state index contributed by atoms with van der Waals surface area (Å²) >= 11 is 0. The highest BCUT2D eigenvalue weighted by Crippen LogP contribution is 2.38. The van der Waals surface area contributed by atoms with E-state index in [2.05, 4.69) is 5.32 Å². The molecule has 2 amide bonds. The van der Waals surface area contributed by atoms with Gasteiger partial charge in [-0.15, -0.1) is 0 Å². The lowest BCUT2D eigenvalue weighted by molar-refractivity contribution is -0.120. The standard InChI is InChI=1S/C25H21F2N3O3/c1-29(2)17-11-9-16(10-12-17)28-23-22(18-6-4-5-7-21(18)33-3)24(31)30(25(23)32)20-13-8-15(26)14-19(20)27/h4-14,28H,1-3H3. The number of ether oxygens (including phenoxy) is 1. The van der Waals surface area contributed by atoms with Crippen molar-refractivity contribution >= 4 is 34.4 Å². The Morgan fingerprint density at radius 3 is 2.24 bits per heavy atom. The number of amides is 2. The van der Waals surface area contributed by atoms with Crippen LogP contribution in [0.15, 0.2) is 72.4 Å². The summed E-state index contributed by atoms with van der Waals surface area (Å²) in [6, 6.07) is 16.6. The van der Waals surface area contributed by atoms with Crippen LogP contribution in [0.2, 0.25) is 0 Å². The lowest BCUT2D eigenvalue weighted by Crippen LogP contribution is -2.33. The number of hydrogen-bond donors (Lipinski definition) is 1. The van der Waals surface area contributed by atoms with Gasteiger partial charge in [-0.2, -0.15) is 0 Å². The predicted octanol–water partition coefficient (Wildman–Crippen LogP) is 4.44. The third kappa shape index (κ3) is 4.03. The molecule has 0 bridgehead atoms. The summed E-state index contributed by atoms with van der Waals surface area (Å²) in [6.07, 6.45) is 0. The van der Waals surface area contributed by atoms with E-state index in [1.54, 1.807) is 36.4 Å². The number of hydrogen-bond acceptors (Lipinski definition) is 5. The molecule has 168 valence electrons. The predicted molar refractivity (Wildman–Crippen MR) is 123 cm³/mol. The molecule has 1 N–H and O–H groups in total. The van der Waals surface area contributed by atoms with Gasteiger partial charge in [-0.1, -0.05) is 18.2 Å². The van der Waals surface area contributed by atoms with Crippen LogP contribution in [-0.4, -0.2) is 33.0 Å². The zero-order valence-corrected chi connectivity index (χ0v) is 18.2. The number of carbonyl (C=O) groups is 2. The molecule has 1 aliphatic heterocycles. The Hall–Kier alpha value is -4.20. The molecule has 1 aliphatic rings. The number of nitrogens with zero attached hydrogens (tertiary/aromatic N) is 2. The molecule has 3 aromatic carbocycles. The highest BCUT2D eigenvalue weighted by atomic mass is 19.1. The fraction of sp³-hybridized carbons (Fsp3) is 0.120. The van der Waals surface area contributed by atoms with Gasteiger partial charge in [0.1, 0.15) is 23.1 Å². The van der Waals surface area contributed by atoms with Crippen molar-refractivity contribution in [2.75, 3.05) is 36.3 Å². The minimum atomic E-state index is -1.02. The van der Waals surface area contributed by atoms with E-state index in [1.807, 2.05) is 31.1 Å². The molecule has 0 radical (unpaired) electrons. The van der Waals surface area contributed by atoms with E-state index in [0.717, 1.165) is 17.8 Å². The summed E-state index contributed by atoms with van der Waals surface area (Å²) in [5.74, 6) is -2.97. The van der Waals surface area contributed by atoms with E-state index < -0.39 is 23.4 Å². The van der Waals surface area contributed by atoms with Gasteiger partial charge in [0.25, 0.3) is 11.8 Å². The zero-order chi connectivity index (χ0) is 23.7. The number of benzene rings is 3. The second kappa shape index (κ2) is 8.74. The molecule has 3 aromatic rings. The fourth-order valence-corrected chi connectivity index (χ4v) is 3.62. The molecular weight excluding hydrogens is 428 g/mol. The summed E-state index contributed by atoms with van der Waals surface area (Å²) in [4.78, 5) is 29.5. The van der Waals surface area contributed by atoms with E-state index in [-0.39, 0.29) is 17.0 Å². The van der Waals surface area contributed by atoms with Crippen LogP contribution in [0.5, 0.6) is 5.75 Å². The molecule has 0 saturated carbocycles. The summed E-state index contributed by atoms with van der Waals surface area (Å²) in [5.41, 5.74) is 1.53. The Bertz CT molecular complexity index is 1270. The monoisotopic (exact) mass is 449 g/mol. The topological polar surface area (TPSA) is 61.9 Å². The van der Waals surface area contributed by atoms with Gasteiger partial charge < -0.3 is 15.0 Å². The largest absolute Gasteiger partial charge is 0.496 e. The summed E-state index contributed by atoms with van der Waals surface area (Å²) < 4.78 is 33.4. The zero-order valence-electron chi connectivity index (χ0n) is 18.2. The summed E-state index contributed by atoms with van der Waals surface area (Å²) in [6.45, 7) is 0. The van der Waals surface area contributed by atoms with Crippen molar-refractivity contribution in [2.45, 2.75) is 0 Å². The van der Waals surface area contributed by atoms with Crippen LogP contribution in [0.4, 0.5) is 25.8 Å². The maximum Gasteiger partial charge on any atom is 0.282 e. The molecule has 0 saturated heterocycles. The number of imide groups is 1. The quantitative estimate of drug-likeness (QED) is 0.564. The number of methoxy groups -OCH3 is 1. The van der Waals surface area contributed by atoms with Crippen LogP contribution < -0.4 is 19.9 Å². The number of carbonyl (C=O) groups excluding carboxylic acids is 2. The second-order valence-corrected chi connectivity index (χ2v) is 7.56. The van der Waals surface area contributed by atoms with Gasteiger partial charge in [0.15, 0.2) is 0 Å². The highest BCUT2D eigenvalue weighted by Gasteiger charge is 2.42. The average molecular weight is 449 g/mol. The van der Waals surface area contributed by atoms with E-state index in [9.17, 15) is 18.4 Å². The second-order valence-electron chi connectivity index (χ2n) is 7.56. The fourth-order valence-electron chi connectivity index (χ4n) is 3.62. The van der Waals surface area contributed by atoms with Gasteiger partial charge in [0.05, 0.1) is 18.4 Å². The molecule has 0 aliphatic carbocycles.